The maximum absolute atomic E-state index is 13.1. The second kappa shape index (κ2) is 7.18. The minimum atomic E-state index is -0.371. The van der Waals surface area contributed by atoms with E-state index in [1.807, 2.05) is 13.8 Å². The van der Waals surface area contributed by atoms with Gasteiger partial charge in [-0.2, -0.15) is 0 Å². The number of hydrogen-bond donors (Lipinski definition) is 0. The first kappa shape index (κ1) is 12.8. The van der Waals surface area contributed by atoms with Crippen molar-refractivity contribution < 1.29 is 4.39 Å². The lowest BCUT2D eigenvalue weighted by Gasteiger charge is -1.98. The van der Waals surface area contributed by atoms with Gasteiger partial charge in [0.25, 0.3) is 0 Å². The fraction of sp³-hybridized carbons (Fsp3) is 0.455. The molecule has 0 aliphatic carbocycles. The summed E-state index contributed by atoms with van der Waals surface area (Å²) in [6.07, 6.45) is 4.40. The van der Waals surface area contributed by atoms with Crippen molar-refractivity contribution in [2.75, 3.05) is 0 Å². The van der Waals surface area contributed by atoms with Gasteiger partial charge in [-0.1, -0.05) is 20.4 Å². The topological polar surface area (TPSA) is 24.7 Å². The van der Waals surface area contributed by atoms with Crippen LogP contribution in [0.4, 0.5) is 4.39 Å². The van der Waals surface area contributed by atoms with Gasteiger partial charge in [0.15, 0.2) is 0 Å². The van der Waals surface area contributed by atoms with Crippen LogP contribution in [0.1, 0.15) is 33.6 Å². The Hall–Kier alpha value is -1.25. The second-order valence-corrected chi connectivity index (χ2v) is 2.68. The Morgan fingerprint density at radius 3 is 2.50 bits per heavy atom. The number of amidine groups is 1. The van der Waals surface area contributed by atoms with E-state index in [9.17, 15) is 4.39 Å². The van der Waals surface area contributed by atoms with Crippen LogP contribution in [0.15, 0.2) is 34.2 Å². The highest BCUT2D eigenvalue weighted by Gasteiger charge is 2.00. The molecule has 0 bridgehead atoms. The summed E-state index contributed by atoms with van der Waals surface area (Å²) in [6, 6.07) is 0. The third-order valence-corrected chi connectivity index (χ3v) is 1.52. The third-order valence-electron chi connectivity index (χ3n) is 1.52. The first-order valence-electron chi connectivity index (χ1n) is 4.76. The maximum atomic E-state index is 13.1. The van der Waals surface area contributed by atoms with E-state index in [2.05, 4.69) is 16.6 Å². The normalized spacial score (nSPS) is 13.7. The summed E-state index contributed by atoms with van der Waals surface area (Å²) in [6.45, 7) is 9.12. The minimum Gasteiger partial charge on any atom is -0.246 e. The van der Waals surface area contributed by atoms with Gasteiger partial charge in [0.1, 0.15) is 11.7 Å². The average molecular weight is 196 g/mol. The molecule has 78 valence electrons. The summed E-state index contributed by atoms with van der Waals surface area (Å²) in [5, 5.41) is 0. The van der Waals surface area contributed by atoms with Crippen LogP contribution < -0.4 is 0 Å². The van der Waals surface area contributed by atoms with Gasteiger partial charge >= 0.3 is 0 Å². The number of aliphatic imine (C=N–C) groups is 2. The highest BCUT2D eigenvalue weighted by Crippen LogP contribution is 2.12. The summed E-state index contributed by atoms with van der Waals surface area (Å²) >= 11 is 0. The summed E-state index contributed by atoms with van der Waals surface area (Å²) < 4.78 is 13.1. The Labute approximate surface area is 85.0 Å². The van der Waals surface area contributed by atoms with Crippen LogP contribution in [0.3, 0.4) is 0 Å². The quantitative estimate of drug-likeness (QED) is 0.372. The third kappa shape index (κ3) is 4.70. The van der Waals surface area contributed by atoms with E-state index in [1.54, 1.807) is 13.1 Å². The minimum absolute atomic E-state index is 0.147. The molecule has 0 atom stereocenters. The number of nitrogens with zero attached hydrogens (tertiary/aromatic N) is 2. The molecule has 3 heteroatoms. The lowest BCUT2D eigenvalue weighted by atomic mass is 10.3. The van der Waals surface area contributed by atoms with Crippen LogP contribution in [0.2, 0.25) is 0 Å². The van der Waals surface area contributed by atoms with E-state index in [0.29, 0.717) is 18.7 Å². The molecule has 0 N–H and O–H groups in total. The van der Waals surface area contributed by atoms with Crippen LogP contribution in [0.25, 0.3) is 0 Å². The van der Waals surface area contributed by atoms with E-state index in [-0.39, 0.29) is 11.5 Å². The molecular formula is C11H17FN2. The number of rotatable bonds is 4. The number of halogens is 1. The highest BCUT2D eigenvalue weighted by molar-refractivity contribution is 5.89. The Bertz CT molecular complexity index is 275. The van der Waals surface area contributed by atoms with Gasteiger partial charge in [0.2, 0.25) is 0 Å². The van der Waals surface area contributed by atoms with E-state index in [4.69, 9.17) is 0 Å². The van der Waals surface area contributed by atoms with E-state index in [0.717, 1.165) is 0 Å². The highest BCUT2D eigenvalue weighted by atomic mass is 19.1. The van der Waals surface area contributed by atoms with Crippen LogP contribution in [-0.2, 0) is 0 Å². The lowest BCUT2D eigenvalue weighted by Crippen LogP contribution is -1.93. The fourth-order valence-corrected chi connectivity index (χ4v) is 0.854. The zero-order valence-electron chi connectivity index (χ0n) is 9.05. The molecule has 2 nitrogen and oxygen atoms in total. The standard InChI is InChI=1S/C11H17FN2/c1-5-8-10(12)9(4)14-11(6-2)13-7-3/h7-8H,4-6H2,1-3H3/b10-8+,13-7?,14-11?. The summed E-state index contributed by atoms with van der Waals surface area (Å²) in [7, 11) is 0. The lowest BCUT2D eigenvalue weighted by molar-refractivity contribution is 0.644. The van der Waals surface area contributed by atoms with Gasteiger partial charge in [-0.3, -0.25) is 0 Å². The monoisotopic (exact) mass is 196 g/mol. The summed E-state index contributed by atoms with van der Waals surface area (Å²) in [4.78, 5) is 7.98. The molecule has 0 saturated carbocycles. The van der Waals surface area contributed by atoms with Gasteiger partial charge in [0, 0.05) is 12.6 Å². The predicted molar refractivity (Wildman–Crippen MR) is 60.5 cm³/mol. The number of hydrogen-bond acceptors (Lipinski definition) is 1. The summed E-state index contributed by atoms with van der Waals surface area (Å²) in [5.41, 5.74) is 0.147. The fourth-order valence-electron chi connectivity index (χ4n) is 0.854. The Balaban J connectivity index is 4.62. The molecule has 0 aromatic heterocycles. The van der Waals surface area contributed by atoms with E-state index in [1.165, 1.54) is 6.08 Å². The molecular weight excluding hydrogens is 179 g/mol. The summed E-state index contributed by atoms with van der Waals surface area (Å²) in [5.74, 6) is 0.224. The van der Waals surface area contributed by atoms with Crippen molar-refractivity contribution in [1.29, 1.82) is 0 Å². The zero-order valence-corrected chi connectivity index (χ0v) is 9.05. The Kier molecular flexibility index (Phi) is 6.54. The molecule has 0 aliphatic rings. The van der Waals surface area contributed by atoms with E-state index < -0.39 is 0 Å². The van der Waals surface area contributed by atoms with Gasteiger partial charge in [-0.05, 0) is 19.4 Å². The molecule has 0 saturated heterocycles. The molecule has 0 aromatic rings. The van der Waals surface area contributed by atoms with Crippen molar-refractivity contribution in [2.24, 2.45) is 9.98 Å². The predicted octanol–water partition coefficient (Wildman–Crippen LogP) is 3.66. The molecule has 14 heavy (non-hydrogen) atoms. The molecule has 0 aliphatic heterocycles. The van der Waals surface area contributed by atoms with Crippen LogP contribution in [0, 0.1) is 0 Å². The van der Waals surface area contributed by atoms with Crippen molar-refractivity contribution in [3.05, 3.63) is 24.2 Å². The first-order chi connectivity index (χ1) is 6.65. The molecule has 0 rings (SSSR count). The maximum Gasteiger partial charge on any atom is 0.144 e. The molecule has 0 aromatic carbocycles. The zero-order chi connectivity index (χ0) is 11.0. The van der Waals surface area contributed by atoms with Crippen LogP contribution in [-0.4, -0.2) is 12.1 Å². The largest absolute Gasteiger partial charge is 0.246 e. The second-order valence-electron chi connectivity index (χ2n) is 2.68. The SMILES string of the molecule is C=C(N=C(CC)N=CC)/C(F)=C\CC. The van der Waals surface area contributed by atoms with Gasteiger partial charge < -0.3 is 0 Å². The van der Waals surface area contributed by atoms with Crippen molar-refractivity contribution in [2.45, 2.75) is 33.6 Å². The Morgan fingerprint density at radius 1 is 1.43 bits per heavy atom. The molecule has 0 heterocycles. The smallest absolute Gasteiger partial charge is 0.144 e. The van der Waals surface area contributed by atoms with Crippen molar-refractivity contribution >= 4 is 12.1 Å². The molecule has 0 amide bonds. The van der Waals surface area contributed by atoms with Gasteiger partial charge in [-0.15, -0.1) is 0 Å². The van der Waals surface area contributed by atoms with E-state index >= 15 is 0 Å². The molecule has 0 spiro atoms. The average Bonchev–Trinajstić information content (AvgIpc) is 2.17. The van der Waals surface area contributed by atoms with Crippen molar-refractivity contribution in [1.82, 2.24) is 0 Å². The van der Waals surface area contributed by atoms with Crippen molar-refractivity contribution in [3.8, 4) is 0 Å². The van der Waals surface area contributed by atoms with Crippen LogP contribution in [0.5, 0.6) is 0 Å². The molecule has 0 unspecified atom stereocenters. The van der Waals surface area contributed by atoms with Gasteiger partial charge in [-0.25, -0.2) is 14.4 Å². The first-order valence-corrected chi connectivity index (χ1v) is 4.76. The van der Waals surface area contributed by atoms with Crippen molar-refractivity contribution in [3.63, 3.8) is 0 Å². The Morgan fingerprint density at radius 2 is 2.07 bits per heavy atom. The molecule has 0 fully saturated rings. The molecule has 0 radical (unpaired) electrons. The van der Waals surface area contributed by atoms with Crippen LogP contribution >= 0.6 is 0 Å². The number of allylic oxidation sites excluding steroid dienone is 2. The van der Waals surface area contributed by atoms with Gasteiger partial charge in [0.05, 0.1) is 5.70 Å².